The molecule has 0 saturated heterocycles. The molecule has 0 aromatic rings. The van der Waals surface area contributed by atoms with Crippen molar-refractivity contribution in [2.45, 2.75) is 78.7 Å². The van der Waals surface area contributed by atoms with Gasteiger partial charge in [0.15, 0.2) is 11.8 Å². The number of hydrogen-bond acceptors (Lipinski definition) is 3. The summed E-state index contributed by atoms with van der Waals surface area (Å²) in [6, 6.07) is -0.557. The predicted molar refractivity (Wildman–Crippen MR) is 77.9 cm³/mol. The van der Waals surface area contributed by atoms with Gasteiger partial charge in [0.1, 0.15) is 0 Å². The van der Waals surface area contributed by atoms with Gasteiger partial charge in [0.25, 0.3) is 0 Å². The number of ketones is 1. The SMILES string of the molecule is CCCCC=C(CCCCC)[N+]([O-])=NC(C)C(C)=O. The molecule has 0 heterocycles. The van der Waals surface area contributed by atoms with Gasteiger partial charge in [-0.2, -0.15) is 0 Å². The number of hydroxylamine groups is 1. The lowest BCUT2D eigenvalue weighted by atomic mass is 10.1. The second-order valence-electron chi connectivity index (χ2n) is 4.97. The standard InChI is InChI=1S/C15H28N2O2/c1-5-7-9-11-15(12-10-8-6-2)17(19)16-13(3)14(4)18/h11,13H,5-10,12H2,1-4H3. The Morgan fingerprint density at radius 3 is 2.42 bits per heavy atom. The van der Waals surface area contributed by atoms with E-state index in [9.17, 15) is 10.0 Å². The minimum absolute atomic E-state index is 0.0812. The van der Waals surface area contributed by atoms with Crippen molar-refractivity contribution in [3.8, 4) is 0 Å². The Morgan fingerprint density at radius 1 is 1.26 bits per heavy atom. The van der Waals surface area contributed by atoms with Crippen molar-refractivity contribution in [1.82, 2.24) is 0 Å². The van der Waals surface area contributed by atoms with Crippen LogP contribution in [0.2, 0.25) is 0 Å². The fourth-order valence-electron chi connectivity index (χ4n) is 1.62. The summed E-state index contributed by atoms with van der Waals surface area (Å²) in [5, 5.41) is 15.9. The smallest absolute Gasteiger partial charge is 0.217 e. The number of unbranched alkanes of at least 4 members (excludes halogenated alkanes) is 4. The zero-order valence-electron chi connectivity index (χ0n) is 12.8. The van der Waals surface area contributed by atoms with Crippen LogP contribution in [0.4, 0.5) is 0 Å². The van der Waals surface area contributed by atoms with Crippen molar-refractivity contribution in [2.24, 2.45) is 5.11 Å². The molecule has 1 unspecified atom stereocenters. The summed E-state index contributed by atoms with van der Waals surface area (Å²) in [6.45, 7) is 7.38. The molecule has 4 nitrogen and oxygen atoms in total. The first-order chi connectivity index (χ1) is 9.02. The molecule has 0 fully saturated rings. The molecule has 19 heavy (non-hydrogen) atoms. The maximum Gasteiger partial charge on any atom is 0.217 e. The zero-order valence-corrected chi connectivity index (χ0v) is 12.8. The summed E-state index contributed by atoms with van der Waals surface area (Å²) in [4.78, 5) is 11.8. The van der Waals surface area contributed by atoms with Crippen molar-refractivity contribution < 1.29 is 9.66 Å². The van der Waals surface area contributed by atoms with Gasteiger partial charge in [0.05, 0.1) is 0 Å². The third kappa shape index (κ3) is 8.51. The lowest BCUT2D eigenvalue weighted by Crippen LogP contribution is -2.14. The summed E-state index contributed by atoms with van der Waals surface area (Å²) < 4.78 is 0. The number of hydrogen-bond donors (Lipinski definition) is 0. The first-order valence-corrected chi connectivity index (χ1v) is 7.40. The van der Waals surface area contributed by atoms with E-state index in [1.807, 2.05) is 6.08 Å². The quantitative estimate of drug-likeness (QED) is 0.252. The lowest BCUT2D eigenvalue weighted by Gasteiger charge is -2.07. The molecule has 110 valence electrons. The monoisotopic (exact) mass is 268 g/mol. The molecule has 0 saturated carbocycles. The highest BCUT2D eigenvalue weighted by Crippen LogP contribution is 2.13. The summed E-state index contributed by atoms with van der Waals surface area (Å²) in [5.41, 5.74) is 0.704. The van der Waals surface area contributed by atoms with E-state index in [1.165, 1.54) is 6.92 Å². The maximum atomic E-state index is 12.0. The fraction of sp³-hybridized carbons (Fsp3) is 0.800. The molecule has 0 radical (unpaired) electrons. The number of carbonyl (C=O) groups is 1. The van der Waals surface area contributed by atoms with Crippen molar-refractivity contribution in [3.05, 3.63) is 17.0 Å². The molecule has 0 bridgehead atoms. The molecular formula is C15H28N2O2. The van der Waals surface area contributed by atoms with E-state index < -0.39 is 6.04 Å². The molecule has 0 aliphatic heterocycles. The minimum Gasteiger partial charge on any atom is -0.594 e. The second-order valence-corrected chi connectivity index (χ2v) is 4.97. The Balaban J connectivity index is 4.69. The molecule has 0 aromatic heterocycles. The topological polar surface area (TPSA) is 55.5 Å². The van der Waals surface area contributed by atoms with Crippen LogP contribution in [0.25, 0.3) is 0 Å². The van der Waals surface area contributed by atoms with Gasteiger partial charge < -0.3 is 5.21 Å². The molecule has 0 amide bonds. The van der Waals surface area contributed by atoms with Crippen LogP contribution in [0.15, 0.2) is 16.9 Å². The highest BCUT2D eigenvalue weighted by Gasteiger charge is 2.13. The van der Waals surface area contributed by atoms with Crippen LogP contribution in [0.1, 0.15) is 72.6 Å². The lowest BCUT2D eigenvalue weighted by molar-refractivity contribution is -0.484. The molecule has 4 heteroatoms. The Morgan fingerprint density at radius 2 is 1.89 bits per heavy atom. The van der Waals surface area contributed by atoms with Crippen molar-refractivity contribution >= 4 is 5.78 Å². The van der Waals surface area contributed by atoms with Crippen LogP contribution in [0, 0.1) is 5.21 Å². The van der Waals surface area contributed by atoms with Crippen LogP contribution in [-0.4, -0.2) is 16.7 Å². The van der Waals surface area contributed by atoms with Gasteiger partial charge in [0.2, 0.25) is 5.70 Å². The maximum absolute atomic E-state index is 12.0. The predicted octanol–water partition coefficient (Wildman–Crippen LogP) is 4.58. The van der Waals surface area contributed by atoms with Gasteiger partial charge in [-0.3, -0.25) is 4.79 Å². The van der Waals surface area contributed by atoms with Gasteiger partial charge in [-0.1, -0.05) is 38.0 Å². The number of azo groups is 1. The number of Topliss-reactive ketones (excluding diaryl/α,β-unsaturated/α-hetero) is 1. The molecule has 1 atom stereocenters. The number of rotatable bonds is 10. The van der Waals surface area contributed by atoms with E-state index in [1.54, 1.807) is 6.92 Å². The Kier molecular flexibility index (Phi) is 10.0. The van der Waals surface area contributed by atoms with E-state index in [0.717, 1.165) is 44.9 Å². The van der Waals surface area contributed by atoms with E-state index in [4.69, 9.17) is 0 Å². The van der Waals surface area contributed by atoms with Crippen molar-refractivity contribution in [3.63, 3.8) is 0 Å². The Hall–Kier alpha value is -1.19. The third-order valence-corrected chi connectivity index (χ3v) is 3.09. The molecule has 0 aliphatic rings. The summed E-state index contributed by atoms with van der Waals surface area (Å²) >= 11 is 0. The highest BCUT2D eigenvalue weighted by atomic mass is 16.5. The van der Waals surface area contributed by atoms with Crippen LogP contribution >= 0.6 is 0 Å². The molecule has 0 aromatic carbocycles. The number of nitrogens with zero attached hydrogens (tertiary/aromatic N) is 2. The number of allylic oxidation sites excluding steroid dienone is 2. The average molecular weight is 268 g/mol. The molecule has 0 N–H and O–H groups in total. The van der Waals surface area contributed by atoms with Crippen molar-refractivity contribution in [2.75, 3.05) is 0 Å². The van der Waals surface area contributed by atoms with Crippen LogP contribution in [-0.2, 0) is 4.79 Å². The van der Waals surface area contributed by atoms with Gasteiger partial charge in [-0.25, -0.2) is 0 Å². The normalized spacial score (nSPS) is 14.5. The van der Waals surface area contributed by atoms with E-state index in [2.05, 4.69) is 19.0 Å². The summed E-state index contributed by atoms with van der Waals surface area (Å²) in [7, 11) is 0. The average Bonchev–Trinajstić information content (AvgIpc) is 2.37. The Labute approximate surface area is 117 Å². The summed E-state index contributed by atoms with van der Waals surface area (Å²) in [6.07, 6.45) is 9.05. The summed E-state index contributed by atoms with van der Waals surface area (Å²) in [5.74, 6) is -0.0812. The molecule has 0 spiro atoms. The van der Waals surface area contributed by atoms with E-state index >= 15 is 0 Å². The van der Waals surface area contributed by atoms with Crippen molar-refractivity contribution in [1.29, 1.82) is 0 Å². The van der Waals surface area contributed by atoms with E-state index in [-0.39, 0.29) is 5.78 Å². The van der Waals surface area contributed by atoms with Crippen LogP contribution < -0.4 is 0 Å². The van der Waals surface area contributed by atoms with Gasteiger partial charge in [-0.15, -0.1) is 0 Å². The van der Waals surface area contributed by atoms with Gasteiger partial charge in [-0.05, 0) is 44.3 Å². The zero-order chi connectivity index (χ0) is 14.7. The highest BCUT2D eigenvalue weighted by molar-refractivity contribution is 5.80. The Bertz CT molecular complexity index is 322. The van der Waals surface area contributed by atoms with Gasteiger partial charge >= 0.3 is 0 Å². The second kappa shape index (κ2) is 10.7. The molecule has 0 aliphatic carbocycles. The molecular weight excluding hydrogens is 240 g/mol. The van der Waals surface area contributed by atoms with E-state index in [0.29, 0.717) is 10.6 Å². The van der Waals surface area contributed by atoms with Crippen LogP contribution in [0.5, 0.6) is 0 Å². The van der Waals surface area contributed by atoms with Gasteiger partial charge in [0, 0.05) is 6.42 Å². The fourth-order valence-corrected chi connectivity index (χ4v) is 1.62. The minimum atomic E-state index is -0.557. The first kappa shape index (κ1) is 17.8. The molecule has 0 rings (SSSR count). The first-order valence-electron chi connectivity index (χ1n) is 7.40. The largest absolute Gasteiger partial charge is 0.594 e. The third-order valence-electron chi connectivity index (χ3n) is 3.09. The van der Waals surface area contributed by atoms with Crippen LogP contribution in [0.3, 0.4) is 0 Å². The number of carbonyl (C=O) groups excluding carboxylic acids is 1.